The van der Waals surface area contributed by atoms with Crippen LogP contribution in [0.3, 0.4) is 0 Å². The van der Waals surface area contributed by atoms with Crippen LogP contribution in [-0.2, 0) is 6.54 Å². The van der Waals surface area contributed by atoms with E-state index in [4.69, 9.17) is 4.74 Å². The maximum absolute atomic E-state index is 9.32. The van der Waals surface area contributed by atoms with Crippen LogP contribution in [0.5, 0.6) is 5.75 Å². The molecule has 168 valence electrons. The van der Waals surface area contributed by atoms with Crippen molar-refractivity contribution in [2.24, 2.45) is 0 Å². The van der Waals surface area contributed by atoms with Crippen LogP contribution >= 0.6 is 0 Å². The lowest BCUT2D eigenvalue weighted by Crippen LogP contribution is -2.34. The molecule has 1 aliphatic heterocycles. The molecule has 33 heavy (non-hydrogen) atoms. The van der Waals surface area contributed by atoms with Gasteiger partial charge in [0.25, 0.3) is 0 Å². The summed E-state index contributed by atoms with van der Waals surface area (Å²) in [6.07, 6.45) is 9.62. The number of pyridine rings is 1. The lowest BCUT2D eigenvalue weighted by atomic mass is 10.0. The predicted molar refractivity (Wildman–Crippen MR) is 127 cm³/mol. The van der Waals surface area contributed by atoms with E-state index < -0.39 is 0 Å². The fourth-order valence-electron chi connectivity index (χ4n) is 4.54. The largest absolute Gasteiger partial charge is 0.494 e. The van der Waals surface area contributed by atoms with Gasteiger partial charge in [-0.05, 0) is 36.6 Å². The normalized spacial score (nSPS) is 14.9. The number of rotatable bonds is 6. The predicted octanol–water partition coefficient (Wildman–Crippen LogP) is 3.96. The molecule has 8 heteroatoms. The standard InChI is InChI=1S/C25H27N7O/c1-27-22-5-3-18(4-6-22)15-30-9-7-23(8-10-30)31-17-21(14-28-31)19-11-24(33-2)25-20(12-26)13-29-32(25)16-19/h3-6,11,13-14,16-17,23,27H,7-10,15H2,1-2H3. The van der Waals surface area contributed by atoms with Gasteiger partial charge in [-0.1, -0.05) is 12.1 Å². The van der Waals surface area contributed by atoms with Gasteiger partial charge < -0.3 is 10.1 Å². The Kier molecular flexibility index (Phi) is 5.71. The first-order chi connectivity index (χ1) is 16.2. The number of anilines is 1. The molecule has 4 heterocycles. The van der Waals surface area contributed by atoms with Crippen molar-refractivity contribution < 1.29 is 4.74 Å². The molecule has 1 fully saturated rings. The van der Waals surface area contributed by atoms with E-state index in [0.717, 1.165) is 49.3 Å². The molecule has 0 bridgehead atoms. The van der Waals surface area contributed by atoms with Gasteiger partial charge in [0.15, 0.2) is 0 Å². The Morgan fingerprint density at radius 1 is 1.09 bits per heavy atom. The minimum atomic E-state index is 0.391. The van der Waals surface area contributed by atoms with Crippen molar-refractivity contribution in [2.75, 3.05) is 32.6 Å². The Labute approximate surface area is 193 Å². The van der Waals surface area contributed by atoms with Crippen LogP contribution in [0.2, 0.25) is 0 Å². The third kappa shape index (κ3) is 4.15. The zero-order valence-corrected chi connectivity index (χ0v) is 18.9. The average Bonchev–Trinajstić information content (AvgIpc) is 3.52. The molecule has 1 aromatic carbocycles. The molecule has 5 rings (SSSR count). The van der Waals surface area contributed by atoms with Crippen LogP contribution in [0, 0.1) is 11.3 Å². The summed E-state index contributed by atoms with van der Waals surface area (Å²) in [7, 11) is 3.55. The van der Waals surface area contributed by atoms with Gasteiger partial charge in [0.05, 0.1) is 25.5 Å². The van der Waals surface area contributed by atoms with Gasteiger partial charge in [0, 0.05) is 55.9 Å². The average molecular weight is 442 g/mol. The summed E-state index contributed by atoms with van der Waals surface area (Å²) < 4.78 is 9.33. The number of benzene rings is 1. The van der Waals surface area contributed by atoms with E-state index >= 15 is 0 Å². The van der Waals surface area contributed by atoms with Crippen LogP contribution in [0.1, 0.15) is 30.0 Å². The number of aromatic nitrogens is 4. The van der Waals surface area contributed by atoms with Crippen molar-refractivity contribution in [3.8, 4) is 22.9 Å². The van der Waals surface area contributed by atoms with Crippen molar-refractivity contribution >= 4 is 11.2 Å². The zero-order chi connectivity index (χ0) is 22.8. The molecule has 0 saturated carbocycles. The number of likely N-dealkylation sites (tertiary alicyclic amines) is 1. The second-order valence-electron chi connectivity index (χ2n) is 8.42. The van der Waals surface area contributed by atoms with Crippen molar-refractivity contribution in [1.82, 2.24) is 24.3 Å². The van der Waals surface area contributed by atoms with Crippen molar-refractivity contribution in [2.45, 2.75) is 25.4 Å². The lowest BCUT2D eigenvalue weighted by molar-refractivity contribution is 0.173. The first-order valence-electron chi connectivity index (χ1n) is 11.2. The summed E-state index contributed by atoms with van der Waals surface area (Å²) in [6.45, 7) is 3.09. The van der Waals surface area contributed by atoms with Gasteiger partial charge in [0.1, 0.15) is 22.9 Å². The highest BCUT2D eigenvalue weighted by Crippen LogP contribution is 2.31. The summed E-state index contributed by atoms with van der Waals surface area (Å²) in [4.78, 5) is 2.51. The first kappa shape index (κ1) is 21.0. The zero-order valence-electron chi connectivity index (χ0n) is 18.9. The summed E-state index contributed by atoms with van der Waals surface area (Å²) in [5.74, 6) is 0.630. The second kappa shape index (κ2) is 8.96. The number of nitriles is 1. The number of piperidine rings is 1. The number of nitrogens with one attached hydrogen (secondary N) is 1. The van der Waals surface area contributed by atoms with Gasteiger partial charge in [0.2, 0.25) is 0 Å². The van der Waals surface area contributed by atoms with Crippen LogP contribution < -0.4 is 10.1 Å². The van der Waals surface area contributed by atoms with Gasteiger partial charge in [-0.2, -0.15) is 15.5 Å². The van der Waals surface area contributed by atoms with Crippen LogP contribution in [0.4, 0.5) is 5.69 Å². The van der Waals surface area contributed by atoms with Crippen LogP contribution in [0.15, 0.2) is 55.1 Å². The molecular weight excluding hydrogens is 414 g/mol. The van der Waals surface area contributed by atoms with Crippen molar-refractivity contribution in [3.63, 3.8) is 0 Å². The molecule has 4 aromatic rings. The van der Waals surface area contributed by atoms with E-state index in [-0.39, 0.29) is 0 Å². The van der Waals surface area contributed by atoms with Gasteiger partial charge in [-0.25, -0.2) is 4.52 Å². The molecule has 0 radical (unpaired) electrons. The Hall–Kier alpha value is -3.83. The molecule has 1 aliphatic rings. The number of hydrogen-bond acceptors (Lipinski definition) is 6. The van der Waals surface area contributed by atoms with Crippen molar-refractivity contribution in [3.05, 3.63) is 66.2 Å². The topological polar surface area (TPSA) is 83.4 Å². The minimum Gasteiger partial charge on any atom is -0.494 e. The molecule has 1 saturated heterocycles. The molecule has 0 amide bonds. The fourth-order valence-corrected chi connectivity index (χ4v) is 4.54. The summed E-state index contributed by atoms with van der Waals surface area (Å²) in [6, 6.07) is 13.2. The Bertz CT molecular complexity index is 1290. The van der Waals surface area contributed by atoms with Crippen molar-refractivity contribution in [1.29, 1.82) is 5.26 Å². The first-order valence-corrected chi connectivity index (χ1v) is 11.2. The maximum atomic E-state index is 9.32. The van der Waals surface area contributed by atoms with E-state index in [1.807, 2.05) is 25.5 Å². The third-order valence-corrected chi connectivity index (χ3v) is 6.43. The van der Waals surface area contributed by atoms with Crippen LogP contribution in [-0.4, -0.2) is 51.5 Å². The quantitative estimate of drug-likeness (QED) is 0.488. The molecule has 3 aromatic heterocycles. The summed E-state index contributed by atoms with van der Waals surface area (Å²) in [5, 5.41) is 21.5. The summed E-state index contributed by atoms with van der Waals surface area (Å²) >= 11 is 0. The molecule has 0 unspecified atom stereocenters. The number of fused-ring (bicyclic) bond motifs is 1. The van der Waals surface area contributed by atoms with Crippen LogP contribution in [0.25, 0.3) is 16.6 Å². The van der Waals surface area contributed by atoms with Gasteiger partial charge in [-0.15, -0.1) is 0 Å². The Balaban J connectivity index is 1.27. The Morgan fingerprint density at radius 3 is 2.58 bits per heavy atom. The molecule has 8 nitrogen and oxygen atoms in total. The monoisotopic (exact) mass is 441 g/mol. The van der Waals surface area contributed by atoms with E-state index in [1.165, 1.54) is 5.56 Å². The highest BCUT2D eigenvalue weighted by atomic mass is 16.5. The minimum absolute atomic E-state index is 0.391. The van der Waals surface area contributed by atoms with E-state index in [0.29, 0.717) is 22.9 Å². The number of ether oxygens (including phenoxy) is 1. The number of methoxy groups -OCH3 is 1. The smallest absolute Gasteiger partial charge is 0.146 e. The highest BCUT2D eigenvalue weighted by Gasteiger charge is 2.22. The van der Waals surface area contributed by atoms with E-state index in [9.17, 15) is 5.26 Å². The van der Waals surface area contributed by atoms with Gasteiger partial charge >= 0.3 is 0 Å². The maximum Gasteiger partial charge on any atom is 0.146 e. The molecule has 0 aliphatic carbocycles. The lowest BCUT2D eigenvalue weighted by Gasteiger charge is -2.32. The summed E-state index contributed by atoms with van der Waals surface area (Å²) in [5.41, 5.74) is 5.64. The van der Waals surface area contributed by atoms with E-state index in [2.05, 4.69) is 61.6 Å². The fraction of sp³-hybridized carbons (Fsp3) is 0.320. The van der Waals surface area contributed by atoms with Gasteiger partial charge in [-0.3, -0.25) is 9.58 Å². The third-order valence-electron chi connectivity index (χ3n) is 6.43. The second-order valence-corrected chi connectivity index (χ2v) is 8.42. The molecule has 1 N–H and O–H groups in total. The Morgan fingerprint density at radius 2 is 1.88 bits per heavy atom. The number of nitrogens with zero attached hydrogens (tertiary/aromatic N) is 6. The highest BCUT2D eigenvalue weighted by molar-refractivity contribution is 5.74. The molecule has 0 spiro atoms. The molecule has 0 atom stereocenters. The number of hydrogen-bond donors (Lipinski definition) is 1. The molecular formula is C25H27N7O. The van der Waals surface area contributed by atoms with E-state index in [1.54, 1.807) is 17.8 Å². The SMILES string of the molecule is CNc1ccc(CN2CCC(n3cc(-c4cc(OC)c5c(C#N)cnn5c4)cn3)CC2)cc1.